The van der Waals surface area contributed by atoms with Crippen molar-refractivity contribution in [2.45, 2.75) is 20.4 Å². The summed E-state index contributed by atoms with van der Waals surface area (Å²) < 4.78 is 6.98. The summed E-state index contributed by atoms with van der Waals surface area (Å²) in [6, 6.07) is 0. The summed E-state index contributed by atoms with van der Waals surface area (Å²) in [5.74, 6) is 0.795. The van der Waals surface area contributed by atoms with E-state index >= 15 is 0 Å². The quantitative estimate of drug-likeness (QED) is 0.604. The zero-order valence-corrected chi connectivity index (χ0v) is 8.56. The fourth-order valence-electron chi connectivity index (χ4n) is 1.76. The van der Waals surface area contributed by atoms with Gasteiger partial charge in [-0.25, -0.2) is 9.67 Å². The molecule has 5 nitrogen and oxygen atoms in total. The van der Waals surface area contributed by atoms with Gasteiger partial charge in [-0.1, -0.05) is 5.16 Å². The fourth-order valence-corrected chi connectivity index (χ4v) is 1.76. The van der Waals surface area contributed by atoms with E-state index in [4.69, 9.17) is 4.52 Å². The Morgan fingerprint density at radius 1 is 1.33 bits per heavy atom. The first kappa shape index (κ1) is 8.40. The fraction of sp³-hybridized carbons (Fsp3) is 0.300. The summed E-state index contributed by atoms with van der Waals surface area (Å²) in [6.07, 6.45) is 3.58. The van der Waals surface area contributed by atoms with Crippen molar-refractivity contribution in [1.82, 2.24) is 19.9 Å². The first-order valence-corrected chi connectivity index (χ1v) is 4.87. The van der Waals surface area contributed by atoms with Crippen LogP contribution < -0.4 is 0 Å². The Bertz CT molecular complexity index is 637. The van der Waals surface area contributed by atoms with Gasteiger partial charge in [0.25, 0.3) is 0 Å². The van der Waals surface area contributed by atoms with E-state index in [1.165, 1.54) is 0 Å². The molecule has 15 heavy (non-hydrogen) atoms. The summed E-state index contributed by atoms with van der Waals surface area (Å²) in [7, 11) is 0. The van der Waals surface area contributed by atoms with Crippen LogP contribution in [0.5, 0.6) is 0 Å². The molecule has 0 spiro atoms. The van der Waals surface area contributed by atoms with Gasteiger partial charge < -0.3 is 4.52 Å². The molecule has 3 aromatic heterocycles. The Labute approximate surface area is 85.7 Å². The maximum absolute atomic E-state index is 5.14. The largest absolute Gasteiger partial charge is 0.360 e. The van der Waals surface area contributed by atoms with Crippen LogP contribution in [0.25, 0.3) is 21.9 Å². The van der Waals surface area contributed by atoms with Gasteiger partial charge in [-0.3, -0.25) is 0 Å². The highest BCUT2D eigenvalue weighted by atomic mass is 16.5. The minimum atomic E-state index is 0.795. The van der Waals surface area contributed by atoms with Crippen LogP contribution in [-0.4, -0.2) is 19.9 Å². The molecule has 3 heterocycles. The molecule has 0 amide bonds. The minimum absolute atomic E-state index is 0.795. The van der Waals surface area contributed by atoms with Gasteiger partial charge in [-0.15, -0.1) is 0 Å². The molecule has 3 aromatic rings. The molecular formula is C10H10N4O. The molecule has 5 heteroatoms. The summed E-state index contributed by atoms with van der Waals surface area (Å²) in [5.41, 5.74) is 1.70. The molecular weight excluding hydrogens is 192 g/mol. The van der Waals surface area contributed by atoms with Crippen LogP contribution in [0.3, 0.4) is 0 Å². The molecule has 0 radical (unpaired) electrons. The number of nitrogens with zero attached hydrogens (tertiary/aromatic N) is 4. The summed E-state index contributed by atoms with van der Waals surface area (Å²) in [5, 5.41) is 10.2. The zero-order chi connectivity index (χ0) is 10.4. The van der Waals surface area contributed by atoms with Crippen LogP contribution >= 0.6 is 0 Å². The standard InChI is InChI=1S/C10H10N4O/c1-3-14-10-8(5-12-14)9-7(4-11-10)6(2)15-13-9/h4-5H,3H2,1-2H3. The van der Waals surface area contributed by atoms with Crippen molar-refractivity contribution in [3.63, 3.8) is 0 Å². The second-order valence-electron chi connectivity index (χ2n) is 3.46. The number of pyridine rings is 1. The lowest BCUT2D eigenvalue weighted by atomic mass is 10.2. The number of hydrogen-bond acceptors (Lipinski definition) is 4. The normalized spacial score (nSPS) is 11.6. The Hall–Kier alpha value is -1.91. The van der Waals surface area contributed by atoms with Gasteiger partial charge in [-0.2, -0.15) is 5.10 Å². The molecule has 0 N–H and O–H groups in total. The van der Waals surface area contributed by atoms with E-state index in [0.717, 1.165) is 34.2 Å². The molecule has 0 saturated heterocycles. The molecule has 0 saturated carbocycles. The summed E-state index contributed by atoms with van der Waals surface area (Å²) >= 11 is 0. The lowest BCUT2D eigenvalue weighted by Crippen LogP contribution is -1.96. The molecule has 0 bridgehead atoms. The number of hydrogen-bond donors (Lipinski definition) is 0. The van der Waals surface area contributed by atoms with E-state index in [9.17, 15) is 0 Å². The van der Waals surface area contributed by atoms with Crippen LogP contribution in [-0.2, 0) is 6.54 Å². The molecule has 3 rings (SSSR count). The number of aromatic nitrogens is 4. The highest BCUT2D eigenvalue weighted by Gasteiger charge is 2.11. The predicted molar refractivity (Wildman–Crippen MR) is 55.5 cm³/mol. The smallest absolute Gasteiger partial charge is 0.160 e. The molecule has 0 aliphatic heterocycles. The highest BCUT2D eigenvalue weighted by Crippen LogP contribution is 2.24. The van der Waals surface area contributed by atoms with Crippen molar-refractivity contribution in [1.29, 1.82) is 0 Å². The van der Waals surface area contributed by atoms with Crippen molar-refractivity contribution in [3.8, 4) is 0 Å². The van der Waals surface area contributed by atoms with E-state index in [0.29, 0.717) is 0 Å². The molecule has 0 fully saturated rings. The average Bonchev–Trinajstić information content (AvgIpc) is 2.81. The Kier molecular flexibility index (Phi) is 1.56. The predicted octanol–water partition coefficient (Wildman–Crippen LogP) is 1.90. The first-order valence-electron chi connectivity index (χ1n) is 4.87. The minimum Gasteiger partial charge on any atom is -0.360 e. The number of aryl methyl sites for hydroxylation is 2. The van der Waals surface area contributed by atoms with Gasteiger partial charge in [0, 0.05) is 12.7 Å². The van der Waals surface area contributed by atoms with E-state index in [-0.39, 0.29) is 0 Å². The van der Waals surface area contributed by atoms with E-state index < -0.39 is 0 Å². The third kappa shape index (κ3) is 1.000. The second kappa shape index (κ2) is 2.79. The number of rotatable bonds is 1. The molecule has 0 unspecified atom stereocenters. The van der Waals surface area contributed by atoms with Crippen LogP contribution in [0.15, 0.2) is 16.9 Å². The van der Waals surface area contributed by atoms with Crippen molar-refractivity contribution < 1.29 is 4.52 Å². The van der Waals surface area contributed by atoms with Gasteiger partial charge in [0.2, 0.25) is 0 Å². The second-order valence-corrected chi connectivity index (χ2v) is 3.46. The van der Waals surface area contributed by atoms with Crippen molar-refractivity contribution in [2.75, 3.05) is 0 Å². The average molecular weight is 202 g/mol. The molecule has 0 atom stereocenters. The van der Waals surface area contributed by atoms with Crippen LogP contribution in [0.2, 0.25) is 0 Å². The van der Waals surface area contributed by atoms with E-state index in [2.05, 4.69) is 15.2 Å². The van der Waals surface area contributed by atoms with E-state index in [1.54, 1.807) is 12.4 Å². The SMILES string of the molecule is CCn1ncc2c3noc(C)c3cnc21. The Balaban J connectivity index is 2.50. The van der Waals surface area contributed by atoms with Crippen molar-refractivity contribution in [3.05, 3.63) is 18.2 Å². The Morgan fingerprint density at radius 3 is 3.00 bits per heavy atom. The lowest BCUT2D eigenvalue weighted by Gasteiger charge is -1.96. The van der Waals surface area contributed by atoms with Gasteiger partial charge >= 0.3 is 0 Å². The van der Waals surface area contributed by atoms with Gasteiger partial charge in [0.1, 0.15) is 11.3 Å². The van der Waals surface area contributed by atoms with E-state index in [1.807, 2.05) is 18.5 Å². The van der Waals surface area contributed by atoms with Gasteiger partial charge in [-0.05, 0) is 13.8 Å². The first-order chi connectivity index (χ1) is 7.31. The van der Waals surface area contributed by atoms with Crippen LogP contribution in [0.1, 0.15) is 12.7 Å². The van der Waals surface area contributed by atoms with Crippen molar-refractivity contribution in [2.24, 2.45) is 0 Å². The monoisotopic (exact) mass is 202 g/mol. The molecule has 0 aliphatic rings. The third-order valence-corrected chi connectivity index (χ3v) is 2.59. The summed E-state index contributed by atoms with van der Waals surface area (Å²) in [4.78, 5) is 4.37. The maximum Gasteiger partial charge on any atom is 0.160 e. The highest BCUT2D eigenvalue weighted by molar-refractivity contribution is 6.01. The van der Waals surface area contributed by atoms with Gasteiger partial charge in [0.15, 0.2) is 5.65 Å². The molecule has 0 aromatic carbocycles. The maximum atomic E-state index is 5.14. The third-order valence-electron chi connectivity index (χ3n) is 2.59. The number of fused-ring (bicyclic) bond motifs is 3. The summed E-state index contributed by atoms with van der Waals surface area (Å²) in [6.45, 7) is 4.72. The van der Waals surface area contributed by atoms with Gasteiger partial charge in [0.05, 0.1) is 17.0 Å². The van der Waals surface area contributed by atoms with Crippen LogP contribution in [0, 0.1) is 6.92 Å². The topological polar surface area (TPSA) is 56.7 Å². The van der Waals surface area contributed by atoms with Crippen LogP contribution in [0.4, 0.5) is 0 Å². The molecule has 76 valence electrons. The Morgan fingerprint density at radius 2 is 2.20 bits per heavy atom. The van der Waals surface area contributed by atoms with Crippen molar-refractivity contribution >= 4 is 21.9 Å². The molecule has 0 aliphatic carbocycles. The lowest BCUT2D eigenvalue weighted by molar-refractivity contribution is 0.406. The zero-order valence-electron chi connectivity index (χ0n) is 8.56.